The van der Waals surface area contributed by atoms with Gasteiger partial charge in [0.25, 0.3) is 0 Å². The van der Waals surface area contributed by atoms with Gasteiger partial charge < -0.3 is 15.2 Å². The topological polar surface area (TPSA) is 70.9 Å². The van der Waals surface area contributed by atoms with E-state index in [1.54, 1.807) is 48.5 Å². The highest BCUT2D eigenvalue weighted by Gasteiger charge is 1.98. The van der Waals surface area contributed by atoms with Crippen LogP contribution in [0, 0.1) is 0 Å². The van der Waals surface area contributed by atoms with E-state index in [4.69, 9.17) is 9.84 Å². The van der Waals surface area contributed by atoms with Gasteiger partial charge in [-0.05, 0) is 48.5 Å². The molecule has 0 unspecified atom stereocenters. The third kappa shape index (κ3) is 7.81. The standard InChI is InChI=1S/C14H12N2O3.2C2H6/c17-9-15-11-1-5-13(6-2-11)19-14-7-3-12(4-8-14)16-10-18;2*1-2/h1-8,15,17H,9H2;2*1-2H3. The van der Waals surface area contributed by atoms with E-state index in [-0.39, 0.29) is 6.73 Å². The summed E-state index contributed by atoms with van der Waals surface area (Å²) >= 11 is 0. The van der Waals surface area contributed by atoms with E-state index in [0.29, 0.717) is 17.2 Å². The van der Waals surface area contributed by atoms with Crippen molar-refractivity contribution in [3.63, 3.8) is 0 Å². The number of nitrogens with zero attached hydrogens (tertiary/aromatic N) is 1. The molecule has 5 heteroatoms. The van der Waals surface area contributed by atoms with Crippen LogP contribution in [0.5, 0.6) is 11.5 Å². The van der Waals surface area contributed by atoms with Crippen LogP contribution in [0.2, 0.25) is 0 Å². The van der Waals surface area contributed by atoms with E-state index in [9.17, 15) is 4.79 Å². The van der Waals surface area contributed by atoms with E-state index in [2.05, 4.69) is 10.3 Å². The first kappa shape index (κ1) is 20.4. The Morgan fingerprint density at radius 3 is 1.87 bits per heavy atom. The minimum absolute atomic E-state index is 0.112. The summed E-state index contributed by atoms with van der Waals surface area (Å²) in [6, 6.07) is 14.0. The quantitative estimate of drug-likeness (QED) is 0.469. The monoisotopic (exact) mass is 316 g/mol. The lowest BCUT2D eigenvalue weighted by molar-refractivity contribution is 0.325. The number of carbonyl (C=O) groups excluding carboxylic acids is 1. The van der Waals surface area contributed by atoms with Crippen molar-refractivity contribution in [2.24, 2.45) is 4.99 Å². The maximum absolute atomic E-state index is 10.1. The molecule has 23 heavy (non-hydrogen) atoms. The number of anilines is 1. The van der Waals surface area contributed by atoms with E-state index < -0.39 is 0 Å². The second kappa shape index (κ2) is 13.1. The summed E-state index contributed by atoms with van der Waals surface area (Å²) in [4.78, 5) is 13.6. The number of benzene rings is 2. The van der Waals surface area contributed by atoms with Crippen molar-refractivity contribution in [2.75, 3.05) is 12.0 Å². The lowest BCUT2D eigenvalue weighted by atomic mass is 10.3. The van der Waals surface area contributed by atoms with E-state index >= 15 is 0 Å². The molecule has 0 saturated carbocycles. The summed E-state index contributed by atoms with van der Waals surface area (Å²) in [7, 11) is 0. The summed E-state index contributed by atoms with van der Waals surface area (Å²) in [6.45, 7) is 7.89. The highest BCUT2D eigenvalue weighted by Crippen LogP contribution is 2.24. The maximum atomic E-state index is 10.1. The number of ether oxygens (including phenoxy) is 1. The Morgan fingerprint density at radius 2 is 1.43 bits per heavy atom. The minimum atomic E-state index is -0.112. The van der Waals surface area contributed by atoms with Crippen LogP contribution >= 0.6 is 0 Å². The molecule has 0 spiro atoms. The highest BCUT2D eigenvalue weighted by molar-refractivity contribution is 5.51. The van der Waals surface area contributed by atoms with Crippen molar-refractivity contribution in [2.45, 2.75) is 27.7 Å². The molecule has 124 valence electrons. The third-order valence-electron chi connectivity index (χ3n) is 2.38. The van der Waals surface area contributed by atoms with Gasteiger partial charge >= 0.3 is 0 Å². The van der Waals surface area contributed by atoms with Gasteiger partial charge in [-0.15, -0.1) is 0 Å². The Bertz CT molecular complexity index is 574. The Morgan fingerprint density at radius 1 is 0.957 bits per heavy atom. The predicted octanol–water partition coefficient (Wildman–Crippen LogP) is 4.86. The van der Waals surface area contributed by atoms with Gasteiger partial charge in [0, 0.05) is 5.69 Å². The average Bonchev–Trinajstić information content (AvgIpc) is 2.62. The van der Waals surface area contributed by atoms with Crippen LogP contribution < -0.4 is 10.1 Å². The number of hydrogen-bond donors (Lipinski definition) is 2. The Kier molecular flexibility index (Phi) is 11.6. The fourth-order valence-corrected chi connectivity index (χ4v) is 1.51. The summed E-state index contributed by atoms with van der Waals surface area (Å²) in [5.41, 5.74) is 1.34. The zero-order chi connectivity index (χ0) is 17.5. The first-order chi connectivity index (χ1) is 11.3. The maximum Gasteiger partial charge on any atom is 0.240 e. The first-order valence-electron chi connectivity index (χ1n) is 7.62. The second-order valence-electron chi connectivity index (χ2n) is 3.66. The van der Waals surface area contributed by atoms with Crippen LogP contribution in [-0.4, -0.2) is 17.9 Å². The van der Waals surface area contributed by atoms with Crippen molar-refractivity contribution < 1.29 is 14.6 Å². The molecule has 0 bridgehead atoms. The van der Waals surface area contributed by atoms with Gasteiger partial charge in [0.05, 0.1) is 5.69 Å². The Labute approximate surface area is 137 Å². The lowest BCUT2D eigenvalue weighted by Crippen LogP contribution is -1.98. The summed E-state index contributed by atoms with van der Waals surface area (Å²) in [5.74, 6) is 1.32. The normalized spacial score (nSPS) is 8.39. The van der Waals surface area contributed by atoms with Gasteiger partial charge in [-0.3, -0.25) is 0 Å². The van der Waals surface area contributed by atoms with Crippen LogP contribution in [0.4, 0.5) is 11.4 Å². The molecule has 0 aliphatic rings. The molecule has 0 aliphatic carbocycles. The zero-order valence-corrected chi connectivity index (χ0v) is 14.0. The van der Waals surface area contributed by atoms with Crippen molar-refractivity contribution in [1.29, 1.82) is 0 Å². The summed E-state index contributed by atoms with van der Waals surface area (Å²) < 4.78 is 5.61. The second-order valence-corrected chi connectivity index (χ2v) is 3.66. The SMILES string of the molecule is CC.CC.O=C=Nc1ccc(Oc2ccc(NCO)cc2)cc1. The van der Waals surface area contributed by atoms with E-state index in [1.165, 1.54) is 6.08 Å². The molecule has 0 heterocycles. The fraction of sp³-hybridized carbons (Fsp3) is 0.278. The first-order valence-corrected chi connectivity index (χ1v) is 7.62. The molecule has 2 aromatic rings. The number of aliphatic imine (C=N–C) groups is 1. The Balaban J connectivity index is 0.00000112. The lowest BCUT2D eigenvalue weighted by Gasteiger charge is -2.07. The molecule has 0 radical (unpaired) electrons. The third-order valence-corrected chi connectivity index (χ3v) is 2.38. The van der Waals surface area contributed by atoms with Gasteiger partial charge in [0.1, 0.15) is 18.2 Å². The van der Waals surface area contributed by atoms with Gasteiger partial charge in [-0.1, -0.05) is 27.7 Å². The van der Waals surface area contributed by atoms with Gasteiger partial charge in [0.2, 0.25) is 6.08 Å². The minimum Gasteiger partial charge on any atom is -0.457 e. The molecule has 2 aromatic carbocycles. The largest absolute Gasteiger partial charge is 0.457 e. The van der Waals surface area contributed by atoms with Gasteiger partial charge in [-0.25, -0.2) is 4.79 Å². The number of nitrogens with one attached hydrogen (secondary N) is 1. The molecular formula is C18H24N2O3. The number of aliphatic hydroxyl groups is 1. The zero-order valence-electron chi connectivity index (χ0n) is 14.0. The van der Waals surface area contributed by atoms with Crippen LogP contribution in [-0.2, 0) is 4.79 Å². The Hall–Kier alpha value is -2.62. The van der Waals surface area contributed by atoms with Crippen LogP contribution in [0.1, 0.15) is 27.7 Å². The molecule has 0 saturated heterocycles. The smallest absolute Gasteiger partial charge is 0.240 e. The number of isocyanates is 1. The summed E-state index contributed by atoms with van der Waals surface area (Å²) in [5, 5.41) is 11.5. The molecule has 0 aromatic heterocycles. The van der Waals surface area contributed by atoms with Gasteiger partial charge in [-0.2, -0.15) is 4.99 Å². The van der Waals surface area contributed by atoms with Gasteiger partial charge in [0.15, 0.2) is 0 Å². The highest BCUT2D eigenvalue weighted by atomic mass is 16.5. The van der Waals surface area contributed by atoms with Crippen LogP contribution in [0.3, 0.4) is 0 Å². The van der Waals surface area contributed by atoms with E-state index in [1.807, 2.05) is 27.7 Å². The van der Waals surface area contributed by atoms with E-state index in [0.717, 1.165) is 5.69 Å². The molecular weight excluding hydrogens is 292 g/mol. The molecule has 2 rings (SSSR count). The number of rotatable bonds is 5. The average molecular weight is 316 g/mol. The molecule has 0 fully saturated rings. The molecule has 0 atom stereocenters. The fourth-order valence-electron chi connectivity index (χ4n) is 1.51. The molecule has 0 aliphatic heterocycles. The molecule has 5 nitrogen and oxygen atoms in total. The van der Waals surface area contributed by atoms with Crippen molar-refractivity contribution in [3.8, 4) is 11.5 Å². The molecule has 0 amide bonds. The number of hydrogen-bond acceptors (Lipinski definition) is 5. The number of aliphatic hydroxyl groups excluding tert-OH is 1. The van der Waals surface area contributed by atoms with Crippen molar-refractivity contribution >= 4 is 17.5 Å². The van der Waals surface area contributed by atoms with Crippen molar-refractivity contribution in [3.05, 3.63) is 48.5 Å². The summed E-state index contributed by atoms with van der Waals surface area (Å²) in [6.07, 6.45) is 1.48. The molecule has 2 N–H and O–H groups in total. The van der Waals surface area contributed by atoms with Crippen LogP contribution in [0.25, 0.3) is 0 Å². The van der Waals surface area contributed by atoms with Crippen LogP contribution in [0.15, 0.2) is 53.5 Å². The van der Waals surface area contributed by atoms with Crippen molar-refractivity contribution in [1.82, 2.24) is 0 Å². The predicted molar refractivity (Wildman–Crippen MR) is 94.1 cm³/mol.